The van der Waals surface area contributed by atoms with Gasteiger partial charge in [0.15, 0.2) is 0 Å². The van der Waals surface area contributed by atoms with Gasteiger partial charge in [0, 0.05) is 11.3 Å². The van der Waals surface area contributed by atoms with Crippen molar-refractivity contribution in [2.24, 2.45) is 0 Å². The zero-order chi connectivity index (χ0) is 22.1. The van der Waals surface area contributed by atoms with Gasteiger partial charge in [-0.1, -0.05) is 42.5 Å². The maximum absolute atomic E-state index is 13.2. The summed E-state index contributed by atoms with van der Waals surface area (Å²) in [5.74, 6) is -0.513. The number of aromatic nitrogens is 3. The number of aryl methyl sites for hydroxylation is 1. The van der Waals surface area contributed by atoms with Crippen LogP contribution in [0.4, 0.5) is 10.1 Å². The molecule has 0 bridgehead atoms. The number of nitrogens with one attached hydrogen (secondary N) is 1. The summed E-state index contributed by atoms with van der Waals surface area (Å²) in [6.07, 6.45) is 0. The molecule has 0 aliphatic heterocycles. The van der Waals surface area contributed by atoms with Crippen LogP contribution >= 0.6 is 0 Å². The van der Waals surface area contributed by atoms with Crippen LogP contribution < -0.4 is 5.32 Å². The van der Waals surface area contributed by atoms with Crippen LogP contribution in [0.15, 0.2) is 91.0 Å². The highest BCUT2D eigenvalue weighted by Crippen LogP contribution is 2.24. The number of carbonyl (C=O) groups is 1. The van der Waals surface area contributed by atoms with E-state index in [0.717, 1.165) is 16.7 Å². The van der Waals surface area contributed by atoms with Crippen LogP contribution in [0, 0.1) is 12.7 Å². The van der Waals surface area contributed by atoms with E-state index in [1.165, 1.54) is 16.9 Å². The van der Waals surface area contributed by atoms with Crippen molar-refractivity contribution >= 4 is 22.6 Å². The van der Waals surface area contributed by atoms with Crippen LogP contribution in [0.25, 0.3) is 27.8 Å². The van der Waals surface area contributed by atoms with E-state index < -0.39 is 0 Å². The summed E-state index contributed by atoms with van der Waals surface area (Å²) in [7, 11) is 0. The average molecular weight is 422 g/mol. The molecule has 0 saturated carbocycles. The Morgan fingerprint density at radius 1 is 0.812 bits per heavy atom. The Hall–Kier alpha value is -4.32. The SMILES string of the molecule is Cc1cc2nn(-c3ccc(F)cc3)nc2cc1NC(=O)c1ccc(-c2ccccc2)cc1. The molecule has 1 heterocycles. The summed E-state index contributed by atoms with van der Waals surface area (Å²) in [4.78, 5) is 14.3. The van der Waals surface area contributed by atoms with Crippen molar-refractivity contribution in [1.29, 1.82) is 0 Å². The molecule has 0 saturated heterocycles. The minimum absolute atomic E-state index is 0.196. The molecule has 4 aromatic carbocycles. The summed E-state index contributed by atoms with van der Waals surface area (Å²) in [5.41, 5.74) is 6.25. The van der Waals surface area contributed by atoms with Gasteiger partial charge in [-0.25, -0.2) is 4.39 Å². The number of carbonyl (C=O) groups excluding carboxylic acids is 1. The van der Waals surface area contributed by atoms with Crippen LogP contribution in [-0.4, -0.2) is 20.9 Å². The Labute approximate surface area is 184 Å². The van der Waals surface area contributed by atoms with Crippen LogP contribution in [0.3, 0.4) is 0 Å². The summed E-state index contributed by atoms with van der Waals surface area (Å²) in [5, 5.41) is 11.9. The Morgan fingerprint density at radius 2 is 1.44 bits per heavy atom. The molecule has 6 heteroatoms. The van der Waals surface area contributed by atoms with Gasteiger partial charge in [0.1, 0.15) is 16.9 Å². The molecule has 5 nitrogen and oxygen atoms in total. The summed E-state index contributed by atoms with van der Waals surface area (Å²) in [6.45, 7) is 1.91. The van der Waals surface area contributed by atoms with Gasteiger partial charge in [-0.15, -0.1) is 10.2 Å². The third-order valence-electron chi connectivity index (χ3n) is 5.29. The fourth-order valence-corrected chi connectivity index (χ4v) is 3.53. The number of fused-ring (bicyclic) bond motifs is 1. The van der Waals surface area contributed by atoms with Crippen LogP contribution in [0.1, 0.15) is 15.9 Å². The van der Waals surface area contributed by atoms with E-state index in [1.807, 2.05) is 67.6 Å². The third kappa shape index (κ3) is 3.86. The van der Waals surface area contributed by atoms with E-state index in [9.17, 15) is 9.18 Å². The highest BCUT2D eigenvalue weighted by Gasteiger charge is 2.12. The van der Waals surface area contributed by atoms with Gasteiger partial charge < -0.3 is 5.32 Å². The monoisotopic (exact) mass is 422 g/mol. The quantitative estimate of drug-likeness (QED) is 0.399. The van der Waals surface area contributed by atoms with Crippen molar-refractivity contribution in [3.05, 3.63) is 108 Å². The van der Waals surface area contributed by atoms with E-state index in [4.69, 9.17) is 0 Å². The lowest BCUT2D eigenvalue weighted by molar-refractivity contribution is 0.102. The summed E-state index contributed by atoms with van der Waals surface area (Å²) < 4.78 is 13.2. The van der Waals surface area contributed by atoms with Gasteiger partial charge in [0.05, 0.1) is 5.69 Å². The van der Waals surface area contributed by atoms with E-state index in [-0.39, 0.29) is 11.7 Å². The molecule has 5 aromatic rings. The highest BCUT2D eigenvalue weighted by molar-refractivity contribution is 6.05. The molecular formula is C26H19FN4O. The lowest BCUT2D eigenvalue weighted by Gasteiger charge is -2.09. The predicted molar refractivity (Wildman–Crippen MR) is 123 cm³/mol. The first-order valence-corrected chi connectivity index (χ1v) is 10.2. The predicted octanol–water partition coefficient (Wildman–Crippen LogP) is 5.79. The van der Waals surface area contributed by atoms with Gasteiger partial charge in [0.2, 0.25) is 0 Å². The fraction of sp³-hybridized carbons (Fsp3) is 0.0385. The zero-order valence-electron chi connectivity index (χ0n) is 17.3. The second kappa shape index (κ2) is 8.07. The molecule has 0 aliphatic carbocycles. The second-order valence-corrected chi connectivity index (χ2v) is 7.52. The van der Waals surface area contributed by atoms with Crippen molar-refractivity contribution in [2.75, 3.05) is 5.32 Å². The number of anilines is 1. The molecule has 0 radical (unpaired) electrons. The minimum Gasteiger partial charge on any atom is -0.322 e. The number of hydrogen-bond acceptors (Lipinski definition) is 3. The Bertz CT molecular complexity index is 1410. The molecule has 0 fully saturated rings. The van der Waals surface area contributed by atoms with Crippen molar-refractivity contribution in [3.63, 3.8) is 0 Å². The van der Waals surface area contributed by atoms with Crippen LogP contribution in [0.5, 0.6) is 0 Å². The molecule has 0 aliphatic rings. The molecular weight excluding hydrogens is 403 g/mol. The van der Waals surface area contributed by atoms with E-state index >= 15 is 0 Å². The van der Waals surface area contributed by atoms with Gasteiger partial charge in [-0.05, 0) is 72.1 Å². The normalized spacial score (nSPS) is 10.9. The molecule has 0 atom stereocenters. The van der Waals surface area contributed by atoms with Crippen LogP contribution in [-0.2, 0) is 0 Å². The number of halogens is 1. The number of nitrogens with zero attached hydrogens (tertiary/aromatic N) is 3. The molecule has 1 amide bonds. The smallest absolute Gasteiger partial charge is 0.255 e. The largest absolute Gasteiger partial charge is 0.322 e. The molecule has 5 rings (SSSR count). The van der Waals surface area contributed by atoms with E-state index in [1.54, 1.807) is 18.2 Å². The lowest BCUT2D eigenvalue weighted by atomic mass is 10.0. The molecule has 1 N–H and O–H groups in total. The molecule has 1 aromatic heterocycles. The topological polar surface area (TPSA) is 59.8 Å². The lowest BCUT2D eigenvalue weighted by Crippen LogP contribution is -2.12. The van der Waals surface area contributed by atoms with Crippen LogP contribution in [0.2, 0.25) is 0 Å². The zero-order valence-corrected chi connectivity index (χ0v) is 17.3. The first kappa shape index (κ1) is 19.6. The van der Waals surface area contributed by atoms with E-state index in [0.29, 0.717) is 28.0 Å². The van der Waals surface area contributed by atoms with Gasteiger partial charge in [-0.3, -0.25) is 4.79 Å². The third-order valence-corrected chi connectivity index (χ3v) is 5.29. The Kier molecular flexibility index (Phi) is 4.95. The molecule has 0 unspecified atom stereocenters. The maximum atomic E-state index is 13.2. The first-order chi connectivity index (χ1) is 15.6. The van der Waals surface area contributed by atoms with Gasteiger partial charge in [0.25, 0.3) is 5.91 Å². The average Bonchev–Trinajstić information content (AvgIpc) is 3.23. The van der Waals surface area contributed by atoms with Crippen molar-refractivity contribution in [1.82, 2.24) is 15.0 Å². The Balaban J connectivity index is 1.39. The summed E-state index contributed by atoms with van der Waals surface area (Å²) in [6, 6.07) is 27.2. The number of benzene rings is 4. The summed E-state index contributed by atoms with van der Waals surface area (Å²) >= 11 is 0. The molecule has 156 valence electrons. The number of rotatable bonds is 4. The molecule has 0 spiro atoms. The maximum Gasteiger partial charge on any atom is 0.255 e. The van der Waals surface area contributed by atoms with Gasteiger partial charge in [-0.2, -0.15) is 4.80 Å². The fourth-order valence-electron chi connectivity index (χ4n) is 3.53. The standard InChI is InChI=1S/C26H19FN4O/c1-17-15-24-25(30-31(29-24)22-13-11-21(27)12-14-22)16-23(17)28-26(32)20-9-7-19(8-10-20)18-5-3-2-4-6-18/h2-16H,1H3,(H,28,32). The first-order valence-electron chi connectivity index (χ1n) is 10.2. The second-order valence-electron chi connectivity index (χ2n) is 7.52. The highest BCUT2D eigenvalue weighted by atomic mass is 19.1. The number of amides is 1. The van der Waals surface area contributed by atoms with Crippen molar-refractivity contribution in [3.8, 4) is 16.8 Å². The minimum atomic E-state index is -0.317. The van der Waals surface area contributed by atoms with E-state index in [2.05, 4.69) is 15.5 Å². The molecule has 32 heavy (non-hydrogen) atoms. The van der Waals surface area contributed by atoms with Crippen molar-refractivity contribution in [2.45, 2.75) is 6.92 Å². The van der Waals surface area contributed by atoms with Crippen molar-refractivity contribution < 1.29 is 9.18 Å². The number of hydrogen-bond donors (Lipinski definition) is 1. The van der Waals surface area contributed by atoms with Gasteiger partial charge >= 0.3 is 0 Å². The Morgan fingerprint density at radius 3 is 2.12 bits per heavy atom.